The molecule has 0 aliphatic rings. The van der Waals surface area contributed by atoms with E-state index in [9.17, 15) is 22.4 Å². The van der Waals surface area contributed by atoms with Gasteiger partial charge in [0, 0.05) is 17.7 Å². The van der Waals surface area contributed by atoms with Gasteiger partial charge in [0.25, 0.3) is 0 Å². The maximum absolute atomic E-state index is 13.0. The quantitative estimate of drug-likeness (QED) is 0.361. The summed E-state index contributed by atoms with van der Waals surface area (Å²) in [6.45, 7) is 0. The molecular weight excluding hydrogens is 348 g/mol. The lowest BCUT2D eigenvalue weighted by Gasteiger charge is -2.10. The number of aliphatic carboxylic acids is 1. The van der Waals surface area contributed by atoms with Gasteiger partial charge in [0.2, 0.25) is 0 Å². The van der Waals surface area contributed by atoms with Gasteiger partial charge in [-0.2, -0.15) is 13.2 Å². The van der Waals surface area contributed by atoms with Crippen molar-refractivity contribution in [1.29, 1.82) is 0 Å². The van der Waals surface area contributed by atoms with Crippen LogP contribution in [-0.4, -0.2) is 26.8 Å². The molecule has 0 amide bonds. The molecule has 0 spiro atoms. The van der Waals surface area contributed by atoms with Crippen LogP contribution in [0.25, 0.3) is 11.3 Å². The van der Waals surface area contributed by atoms with Gasteiger partial charge in [0.1, 0.15) is 11.5 Å². The van der Waals surface area contributed by atoms with Crippen LogP contribution in [0.1, 0.15) is 18.5 Å². The number of thioether (sulfide) groups is 1. The number of alkyl halides is 3. The van der Waals surface area contributed by atoms with E-state index in [1.807, 2.05) is 0 Å². The van der Waals surface area contributed by atoms with Crippen LogP contribution < -0.4 is 0 Å². The molecule has 24 heavy (non-hydrogen) atoms. The summed E-state index contributed by atoms with van der Waals surface area (Å²) < 4.78 is 51.9. The second kappa shape index (κ2) is 7.61. The minimum Gasteiger partial charge on any atom is -0.481 e. The lowest BCUT2D eigenvalue weighted by atomic mass is 10.1. The first-order chi connectivity index (χ1) is 11.3. The van der Waals surface area contributed by atoms with Crippen LogP contribution in [0.3, 0.4) is 0 Å². The summed E-state index contributed by atoms with van der Waals surface area (Å²) in [5.74, 6) is -1.21. The predicted molar refractivity (Wildman–Crippen MR) is 80.0 cm³/mol. The van der Waals surface area contributed by atoms with Crippen molar-refractivity contribution in [3.8, 4) is 11.3 Å². The van der Waals surface area contributed by atoms with Crippen LogP contribution in [0.5, 0.6) is 0 Å². The summed E-state index contributed by atoms with van der Waals surface area (Å²) in [6.07, 6.45) is -4.45. The number of aromatic nitrogens is 2. The zero-order valence-electron chi connectivity index (χ0n) is 12.2. The Morgan fingerprint density at radius 2 is 1.83 bits per heavy atom. The van der Waals surface area contributed by atoms with Crippen molar-refractivity contribution in [1.82, 2.24) is 9.97 Å². The van der Waals surface area contributed by atoms with Crippen LogP contribution in [0.4, 0.5) is 17.6 Å². The minimum atomic E-state index is -4.64. The number of carbonyl (C=O) groups is 1. The molecule has 0 unspecified atom stereocenters. The highest BCUT2D eigenvalue weighted by Crippen LogP contribution is 2.32. The van der Waals surface area contributed by atoms with Gasteiger partial charge in [-0.05, 0) is 36.8 Å². The number of halogens is 4. The van der Waals surface area contributed by atoms with E-state index in [0.717, 1.165) is 30.0 Å². The smallest absolute Gasteiger partial charge is 0.433 e. The Labute approximate surface area is 138 Å². The molecule has 4 nitrogen and oxygen atoms in total. The number of hydrogen-bond donors (Lipinski definition) is 1. The molecule has 0 saturated carbocycles. The summed E-state index contributed by atoms with van der Waals surface area (Å²) in [7, 11) is 0. The molecule has 1 aromatic carbocycles. The van der Waals surface area contributed by atoms with Crippen molar-refractivity contribution in [3.63, 3.8) is 0 Å². The molecule has 0 aliphatic carbocycles. The molecule has 0 atom stereocenters. The highest BCUT2D eigenvalue weighted by molar-refractivity contribution is 7.99. The Kier molecular flexibility index (Phi) is 5.76. The third-order valence-corrected chi connectivity index (χ3v) is 3.84. The Morgan fingerprint density at radius 3 is 2.42 bits per heavy atom. The fourth-order valence-electron chi connectivity index (χ4n) is 1.79. The fraction of sp³-hybridized carbons (Fsp3) is 0.267. The standard InChI is InChI=1S/C15H12F4N2O2S/c16-10-5-3-9(4-6-10)11-8-12(15(17,18)19)21-14(20-11)24-7-1-2-13(22)23/h3-6,8H,1-2,7H2,(H,22,23). The molecule has 2 aromatic rings. The van der Waals surface area contributed by atoms with Gasteiger partial charge in [-0.15, -0.1) is 0 Å². The SMILES string of the molecule is O=C(O)CCCSc1nc(-c2ccc(F)cc2)cc(C(F)(F)F)n1. The molecule has 0 saturated heterocycles. The van der Waals surface area contributed by atoms with Gasteiger partial charge >= 0.3 is 12.1 Å². The number of carboxylic acid groups (broad SMARTS) is 1. The lowest BCUT2D eigenvalue weighted by molar-refractivity contribution is -0.141. The molecule has 0 bridgehead atoms. The second-order valence-electron chi connectivity index (χ2n) is 4.77. The summed E-state index contributed by atoms with van der Waals surface area (Å²) in [5, 5.41) is 8.45. The molecule has 0 fully saturated rings. The topological polar surface area (TPSA) is 63.1 Å². The summed E-state index contributed by atoms with van der Waals surface area (Å²) >= 11 is 0.945. The zero-order valence-corrected chi connectivity index (χ0v) is 13.0. The molecule has 1 aromatic heterocycles. The van der Waals surface area contributed by atoms with E-state index in [4.69, 9.17) is 5.11 Å². The van der Waals surface area contributed by atoms with Gasteiger partial charge in [-0.3, -0.25) is 4.79 Å². The molecular formula is C15H12F4N2O2S. The molecule has 0 aliphatic heterocycles. The average molecular weight is 360 g/mol. The van der Waals surface area contributed by atoms with Crippen molar-refractivity contribution in [3.05, 3.63) is 41.8 Å². The molecule has 128 valence electrons. The Balaban J connectivity index is 2.28. The van der Waals surface area contributed by atoms with Crippen molar-refractivity contribution in [2.75, 3.05) is 5.75 Å². The molecule has 9 heteroatoms. The van der Waals surface area contributed by atoms with Crippen LogP contribution in [0, 0.1) is 5.82 Å². The summed E-state index contributed by atoms with van der Waals surface area (Å²) in [6, 6.07) is 5.72. The largest absolute Gasteiger partial charge is 0.481 e. The maximum atomic E-state index is 13.0. The third kappa shape index (κ3) is 5.19. The number of rotatable bonds is 6. The van der Waals surface area contributed by atoms with Crippen molar-refractivity contribution < 1.29 is 27.5 Å². The first-order valence-electron chi connectivity index (χ1n) is 6.82. The number of carboxylic acids is 1. The van der Waals surface area contributed by atoms with Crippen molar-refractivity contribution in [2.45, 2.75) is 24.2 Å². The monoisotopic (exact) mass is 360 g/mol. The first kappa shape index (κ1) is 18.2. The molecule has 1 N–H and O–H groups in total. The fourth-order valence-corrected chi connectivity index (χ4v) is 2.59. The number of hydrogen-bond acceptors (Lipinski definition) is 4. The van der Waals surface area contributed by atoms with Crippen molar-refractivity contribution in [2.24, 2.45) is 0 Å². The van der Waals surface area contributed by atoms with Gasteiger partial charge in [0.15, 0.2) is 5.16 Å². The maximum Gasteiger partial charge on any atom is 0.433 e. The van der Waals surface area contributed by atoms with E-state index in [1.165, 1.54) is 12.1 Å². The summed E-state index contributed by atoms with van der Waals surface area (Å²) in [4.78, 5) is 18.0. The normalized spacial score (nSPS) is 11.5. The minimum absolute atomic E-state index is 0.0260. The highest BCUT2D eigenvalue weighted by Gasteiger charge is 2.33. The Hall–Kier alpha value is -2.16. The van der Waals surface area contributed by atoms with E-state index in [0.29, 0.717) is 5.56 Å². The summed E-state index contributed by atoms with van der Waals surface area (Å²) in [5.41, 5.74) is -0.743. The van der Waals surface area contributed by atoms with Gasteiger partial charge in [-0.25, -0.2) is 14.4 Å². The number of benzene rings is 1. The van der Waals surface area contributed by atoms with Crippen LogP contribution in [0.2, 0.25) is 0 Å². The Morgan fingerprint density at radius 1 is 1.17 bits per heavy atom. The van der Waals surface area contributed by atoms with E-state index in [1.54, 1.807) is 0 Å². The Bertz CT molecular complexity index is 720. The van der Waals surface area contributed by atoms with E-state index in [-0.39, 0.29) is 29.4 Å². The van der Waals surface area contributed by atoms with Crippen LogP contribution in [0.15, 0.2) is 35.5 Å². The average Bonchev–Trinajstić information content (AvgIpc) is 2.51. The highest BCUT2D eigenvalue weighted by atomic mass is 32.2. The van der Waals surface area contributed by atoms with Gasteiger partial charge in [-0.1, -0.05) is 11.8 Å². The van der Waals surface area contributed by atoms with E-state index in [2.05, 4.69) is 9.97 Å². The zero-order chi connectivity index (χ0) is 17.7. The second-order valence-corrected chi connectivity index (χ2v) is 5.83. The lowest BCUT2D eigenvalue weighted by Crippen LogP contribution is -2.10. The van der Waals surface area contributed by atoms with E-state index < -0.39 is 23.7 Å². The molecule has 0 radical (unpaired) electrons. The predicted octanol–water partition coefficient (Wildman–Crippen LogP) is 4.26. The first-order valence-corrected chi connectivity index (χ1v) is 7.81. The van der Waals surface area contributed by atoms with Crippen LogP contribution in [-0.2, 0) is 11.0 Å². The van der Waals surface area contributed by atoms with Gasteiger partial charge in [0.05, 0.1) is 5.69 Å². The van der Waals surface area contributed by atoms with Crippen LogP contribution >= 0.6 is 11.8 Å². The third-order valence-electron chi connectivity index (χ3n) is 2.90. The molecule has 1 heterocycles. The van der Waals surface area contributed by atoms with E-state index >= 15 is 0 Å². The number of nitrogens with zero attached hydrogens (tertiary/aromatic N) is 2. The van der Waals surface area contributed by atoms with Crippen molar-refractivity contribution >= 4 is 17.7 Å². The van der Waals surface area contributed by atoms with Gasteiger partial charge < -0.3 is 5.11 Å². The molecule has 2 rings (SSSR count).